The zero-order valence-corrected chi connectivity index (χ0v) is 14.2. The van der Waals surface area contributed by atoms with Crippen LogP contribution in [0.4, 0.5) is 10.1 Å². The molecule has 0 aliphatic rings. The summed E-state index contributed by atoms with van der Waals surface area (Å²) >= 11 is 0. The van der Waals surface area contributed by atoms with Gasteiger partial charge < -0.3 is 19.2 Å². The van der Waals surface area contributed by atoms with Crippen LogP contribution in [0.3, 0.4) is 0 Å². The highest BCUT2D eigenvalue weighted by Gasteiger charge is 2.18. The summed E-state index contributed by atoms with van der Waals surface area (Å²) in [4.78, 5) is 36.0. The van der Waals surface area contributed by atoms with Crippen molar-refractivity contribution in [2.24, 2.45) is 0 Å². The van der Waals surface area contributed by atoms with E-state index in [1.807, 2.05) is 0 Å². The number of carbonyl (C=O) groups is 2. The molecule has 8 heteroatoms. The molecule has 0 bridgehead atoms. The summed E-state index contributed by atoms with van der Waals surface area (Å²) in [6.07, 6.45) is 0. The number of fused-ring (bicyclic) bond motifs is 1. The molecular formula is C19H14FNO6. The third kappa shape index (κ3) is 4.12. The number of nitrogens with one attached hydrogen (secondary N) is 1. The molecule has 0 unspecified atom stereocenters. The average Bonchev–Trinajstić information content (AvgIpc) is 2.65. The van der Waals surface area contributed by atoms with Crippen molar-refractivity contribution in [3.05, 3.63) is 70.3 Å². The number of amides is 1. The van der Waals surface area contributed by atoms with E-state index in [9.17, 15) is 18.8 Å². The van der Waals surface area contributed by atoms with Gasteiger partial charge in [-0.25, -0.2) is 14.0 Å². The molecule has 0 saturated heterocycles. The van der Waals surface area contributed by atoms with E-state index in [1.165, 1.54) is 31.4 Å². The highest BCUT2D eigenvalue weighted by molar-refractivity contribution is 5.97. The number of rotatable bonds is 5. The van der Waals surface area contributed by atoms with Gasteiger partial charge >= 0.3 is 11.6 Å². The summed E-state index contributed by atoms with van der Waals surface area (Å²) in [6.45, 7) is -0.648. The van der Waals surface area contributed by atoms with Gasteiger partial charge in [0.05, 0.1) is 7.11 Å². The Morgan fingerprint density at radius 1 is 1.15 bits per heavy atom. The SMILES string of the molecule is COc1cccc2cc(C(=O)OCC(=O)Nc3cccc(F)c3)c(=O)oc12. The van der Waals surface area contributed by atoms with Crippen molar-refractivity contribution >= 4 is 28.5 Å². The Kier molecular flexibility index (Phi) is 5.16. The second-order valence-electron chi connectivity index (χ2n) is 5.46. The van der Waals surface area contributed by atoms with Crippen molar-refractivity contribution in [2.75, 3.05) is 19.0 Å². The summed E-state index contributed by atoms with van der Waals surface area (Å²) in [5.74, 6) is -1.86. The molecular weight excluding hydrogens is 357 g/mol. The molecule has 1 aromatic heterocycles. The van der Waals surface area contributed by atoms with E-state index in [0.717, 1.165) is 6.07 Å². The predicted molar refractivity (Wildman–Crippen MR) is 94.3 cm³/mol. The van der Waals surface area contributed by atoms with Gasteiger partial charge in [-0.1, -0.05) is 18.2 Å². The maximum Gasteiger partial charge on any atom is 0.351 e. The molecule has 27 heavy (non-hydrogen) atoms. The van der Waals surface area contributed by atoms with Crippen molar-refractivity contribution in [3.8, 4) is 5.75 Å². The van der Waals surface area contributed by atoms with Gasteiger partial charge in [-0.05, 0) is 30.3 Å². The Morgan fingerprint density at radius 2 is 1.93 bits per heavy atom. The van der Waals surface area contributed by atoms with Crippen LogP contribution in [0.1, 0.15) is 10.4 Å². The lowest BCUT2D eigenvalue weighted by molar-refractivity contribution is -0.119. The fourth-order valence-corrected chi connectivity index (χ4v) is 2.39. The number of para-hydroxylation sites is 1. The Bertz CT molecular complexity index is 1080. The van der Waals surface area contributed by atoms with Gasteiger partial charge in [0.1, 0.15) is 11.4 Å². The molecule has 0 saturated carbocycles. The minimum atomic E-state index is -1.01. The number of ether oxygens (including phenoxy) is 2. The number of halogens is 1. The number of benzene rings is 2. The van der Waals surface area contributed by atoms with Crippen LogP contribution in [0.15, 0.2) is 57.7 Å². The topological polar surface area (TPSA) is 94.8 Å². The molecule has 0 spiro atoms. The third-order valence-electron chi connectivity index (χ3n) is 3.61. The minimum Gasteiger partial charge on any atom is -0.493 e. The Balaban J connectivity index is 1.71. The van der Waals surface area contributed by atoms with Gasteiger partial charge in [0.25, 0.3) is 5.91 Å². The van der Waals surface area contributed by atoms with E-state index in [2.05, 4.69) is 5.32 Å². The maximum atomic E-state index is 13.1. The lowest BCUT2D eigenvalue weighted by Gasteiger charge is -2.07. The fourth-order valence-electron chi connectivity index (χ4n) is 2.39. The van der Waals surface area contributed by atoms with Gasteiger partial charge in [-0.2, -0.15) is 0 Å². The molecule has 3 rings (SSSR count). The summed E-state index contributed by atoms with van der Waals surface area (Å²) in [7, 11) is 1.42. The monoisotopic (exact) mass is 371 g/mol. The van der Waals surface area contributed by atoms with Crippen LogP contribution in [0, 0.1) is 5.82 Å². The second-order valence-corrected chi connectivity index (χ2v) is 5.46. The summed E-state index contributed by atoms with van der Waals surface area (Å²) < 4.78 is 28.2. The number of methoxy groups -OCH3 is 1. The molecule has 0 aliphatic heterocycles. The molecule has 138 valence electrons. The van der Waals surface area contributed by atoms with E-state index in [4.69, 9.17) is 13.9 Å². The first-order chi connectivity index (χ1) is 13.0. The Hall–Kier alpha value is -3.68. The van der Waals surface area contributed by atoms with Crippen LogP contribution >= 0.6 is 0 Å². The largest absolute Gasteiger partial charge is 0.493 e. The molecule has 0 radical (unpaired) electrons. The third-order valence-corrected chi connectivity index (χ3v) is 3.61. The van der Waals surface area contributed by atoms with E-state index < -0.39 is 29.9 Å². The smallest absolute Gasteiger partial charge is 0.351 e. The van der Waals surface area contributed by atoms with Gasteiger partial charge in [-0.15, -0.1) is 0 Å². The Morgan fingerprint density at radius 3 is 2.67 bits per heavy atom. The molecule has 1 amide bonds. The van der Waals surface area contributed by atoms with E-state index in [1.54, 1.807) is 18.2 Å². The standard InChI is InChI=1S/C19H14FNO6/c1-25-15-7-2-4-11-8-14(19(24)27-17(11)15)18(23)26-10-16(22)21-13-6-3-5-12(20)9-13/h2-9H,10H2,1H3,(H,21,22). The molecule has 2 aromatic carbocycles. The van der Waals surface area contributed by atoms with Gasteiger partial charge in [-0.3, -0.25) is 4.79 Å². The van der Waals surface area contributed by atoms with Gasteiger partial charge in [0, 0.05) is 11.1 Å². The summed E-state index contributed by atoms with van der Waals surface area (Å²) in [6, 6.07) is 11.5. The first-order valence-corrected chi connectivity index (χ1v) is 7.81. The number of esters is 1. The molecule has 7 nitrogen and oxygen atoms in total. The molecule has 0 fully saturated rings. The molecule has 1 heterocycles. The molecule has 0 aliphatic carbocycles. The van der Waals surface area contributed by atoms with Crippen molar-refractivity contribution in [2.45, 2.75) is 0 Å². The van der Waals surface area contributed by atoms with E-state index >= 15 is 0 Å². The predicted octanol–water partition coefficient (Wildman–Crippen LogP) is 2.74. The van der Waals surface area contributed by atoms with Crippen LogP contribution in [0.2, 0.25) is 0 Å². The molecule has 1 N–H and O–H groups in total. The quantitative estimate of drug-likeness (QED) is 0.547. The number of hydrogen-bond acceptors (Lipinski definition) is 6. The highest BCUT2D eigenvalue weighted by atomic mass is 19.1. The van der Waals surface area contributed by atoms with Crippen molar-refractivity contribution in [1.29, 1.82) is 0 Å². The van der Waals surface area contributed by atoms with E-state index in [-0.39, 0.29) is 16.8 Å². The van der Waals surface area contributed by atoms with Crippen LogP contribution in [0.25, 0.3) is 11.0 Å². The van der Waals surface area contributed by atoms with Crippen molar-refractivity contribution < 1.29 is 27.9 Å². The zero-order valence-electron chi connectivity index (χ0n) is 14.2. The van der Waals surface area contributed by atoms with Crippen molar-refractivity contribution in [3.63, 3.8) is 0 Å². The van der Waals surface area contributed by atoms with Crippen LogP contribution < -0.4 is 15.7 Å². The average molecular weight is 371 g/mol. The Labute approximate surface area is 152 Å². The van der Waals surface area contributed by atoms with Crippen LogP contribution in [0.5, 0.6) is 5.75 Å². The fraction of sp³-hybridized carbons (Fsp3) is 0.105. The minimum absolute atomic E-state index is 0.199. The first kappa shape index (κ1) is 18.1. The van der Waals surface area contributed by atoms with Gasteiger partial charge in [0.2, 0.25) is 0 Å². The second kappa shape index (κ2) is 7.69. The zero-order chi connectivity index (χ0) is 19.4. The van der Waals surface area contributed by atoms with Crippen LogP contribution in [-0.4, -0.2) is 25.6 Å². The normalized spacial score (nSPS) is 10.4. The highest BCUT2D eigenvalue weighted by Crippen LogP contribution is 2.24. The lowest BCUT2D eigenvalue weighted by Crippen LogP contribution is -2.23. The lowest BCUT2D eigenvalue weighted by atomic mass is 10.2. The number of carbonyl (C=O) groups excluding carboxylic acids is 2. The van der Waals surface area contributed by atoms with Gasteiger partial charge in [0.15, 0.2) is 17.9 Å². The number of hydrogen-bond donors (Lipinski definition) is 1. The molecule has 0 atom stereocenters. The summed E-state index contributed by atoms with van der Waals surface area (Å²) in [5, 5.41) is 2.84. The molecule has 3 aromatic rings. The van der Waals surface area contributed by atoms with Crippen LogP contribution in [-0.2, 0) is 9.53 Å². The first-order valence-electron chi connectivity index (χ1n) is 7.81. The maximum absolute atomic E-state index is 13.1. The van der Waals surface area contributed by atoms with E-state index in [0.29, 0.717) is 11.1 Å². The summed E-state index contributed by atoms with van der Waals surface area (Å²) in [5.41, 5.74) is -0.851. The number of anilines is 1. The van der Waals surface area contributed by atoms with Crippen molar-refractivity contribution in [1.82, 2.24) is 0 Å².